The van der Waals surface area contributed by atoms with E-state index in [4.69, 9.17) is 0 Å². The lowest BCUT2D eigenvalue weighted by atomic mass is 10.3. The molecule has 1 amide bonds. The molecule has 0 unspecified atom stereocenters. The lowest BCUT2D eigenvalue weighted by molar-refractivity contribution is -0.384. The van der Waals surface area contributed by atoms with Gasteiger partial charge in [0, 0.05) is 36.9 Å². The lowest BCUT2D eigenvalue weighted by Gasteiger charge is -2.32. The fourth-order valence-electron chi connectivity index (χ4n) is 1.74. The van der Waals surface area contributed by atoms with Gasteiger partial charge in [0.1, 0.15) is 0 Å². The second-order valence-electron chi connectivity index (χ2n) is 3.99. The molecule has 1 aromatic rings. The van der Waals surface area contributed by atoms with Crippen molar-refractivity contribution in [1.29, 1.82) is 0 Å². The van der Waals surface area contributed by atoms with Crippen LogP contribution >= 0.6 is 15.9 Å². The third kappa shape index (κ3) is 2.42. The first kappa shape index (κ1) is 12.7. The number of hydrogen-bond acceptors (Lipinski definition) is 5. The number of hydrogen-bond donors (Lipinski definition) is 0. The number of carbonyl (C=O) groups is 1. The summed E-state index contributed by atoms with van der Waals surface area (Å²) in [6, 6.07) is 1.39. The summed E-state index contributed by atoms with van der Waals surface area (Å²) in [5.41, 5.74) is -0.0956. The molecule has 0 N–H and O–H groups in total. The number of pyridine rings is 1. The molecule has 0 aromatic carbocycles. The smallest absolute Gasteiger partial charge is 0.312 e. The molecule has 0 spiro atoms. The molecule has 1 aliphatic rings. The van der Waals surface area contributed by atoms with Gasteiger partial charge in [-0.25, -0.2) is 4.98 Å². The predicted octanol–water partition coefficient (Wildman–Crippen LogP) is 1.03. The Hall–Kier alpha value is -1.70. The number of nitrogens with zero attached hydrogens (tertiary/aromatic N) is 4. The second-order valence-corrected chi connectivity index (χ2v) is 4.91. The summed E-state index contributed by atoms with van der Waals surface area (Å²) in [6.45, 7) is 1.19. The predicted molar refractivity (Wildman–Crippen MR) is 68.4 cm³/mol. The number of likely N-dealkylation sites (N-methyl/N-ethyl adjacent to an activating group) is 1. The van der Waals surface area contributed by atoms with Crippen molar-refractivity contribution in [2.45, 2.75) is 0 Å². The summed E-state index contributed by atoms with van der Waals surface area (Å²) in [4.78, 5) is 29.4. The fourth-order valence-corrected chi connectivity index (χ4v) is 2.06. The summed E-state index contributed by atoms with van der Waals surface area (Å²) >= 11 is 3.15. The average molecular weight is 315 g/mol. The van der Waals surface area contributed by atoms with E-state index in [2.05, 4.69) is 20.9 Å². The number of aromatic nitrogens is 1. The number of amides is 1. The number of piperazine rings is 1. The van der Waals surface area contributed by atoms with Crippen LogP contribution in [-0.2, 0) is 4.79 Å². The molecule has 0 radical (unpaired) electrons. The fraction of sp³-hybridized carbons (Fsp3) is 0.400. The van der Waals surface area contributed by atoms with Crippen molar-refractivity contribution in [3.63, 3.8) is 0 Å². The Morgan fingerprint density at radius 1 is 1.50 bits per heavy atom. The van der Waals surface area contributed by atoms with Crippen LogP contribution in [-0.4, -0.2) is 47.4 Å². The second kappa shape index (κ2) is 4.89. The molecule has 0 atom stereocenters. The van der Waals surface area contributed by atoms with Gasteiger partial charge in [0.2, 0.25) is 11.7 Å². The SMILES string of the molecule is CN1CCN(c2ncc(Br)cc2[N+](=O)[O-])CC1=O. The first-order valence-electron chi connectivity index (χ1n) is 5.28. The first-order chi connectivity index (χ1) is 8.49. The van der Waals surface area contributed by atoms with Crippen molar-refractivity contribution in [2.75, 3.05) is 31.6 Å². The molecule has 1 aromatic heterocycles. The van der Waals surface area contributed by atoms with E-state index in [1.807, 2.05) is 0 Å². The molecule has 1 aliphatic heterocycles. The van der Waals surface area contributed by atoms with Gasteiger partial charge in [-0.05, 0) is 15.9 Å². The monoisotopic (exact) mass is 314 g/mol. The van der Waals surface area contributed by atoms with Gasteiger partial charge in [0.15, 0.2) is 0 Å². The van der Waals surface area contributed by atoms with Crippen molar-refractivity contribution in [3.05, 3.63) is 26.9 Å². The van der Waals surface area contributed by atoms with Crippen LogP contribution in [0.25, 0.3) is 0 Å². The number of halogens is 1. The molecular formula is C10H11BrN4O3. The van der Waals surface area contributed by atoms with Crippen LogP contribution in [0, 0.1) is 10.1 Å². The Kier molecular flexibility index (Phi) is 3.46. The van der Waals surface area contributed by atoms with Crippen molar-refractivity contribution < 1.29 is 9.72 Å². The maximum Gasteiger partial charge on any atom is 0.312 e. The molecule has 0 saturated carbocycles. The highest BCUT2D eigenvalue weighted by Crippen LogP contribution is 2.29. The Bertz CT molecular complexity index is 508. The summed E-state index contributed by atoms with van der Waals surface area (Å²) in [6.07, 6.45) is 1.49. The van der Waals surface area contributed by atoms with E-state index < -0.39 is 4.92 Å². The average Bonchev–Trinajstić information content (AvgIpc) is 2.32. The Labute approximate surface area is 112 Å². The van der Waals surface area contributed by atoms with Crippen LogP contribution < -0.4 is 4.90 Å². The molecule has 0 bridgehead atoms. The van der Waals surface area contributed by atoms with E-state index in [0.717, 1.165) is 0 Å². The third-order valence-electron chi connectivity index (χ3n) is 2.77. The molecule has 2 rings (SSSR count). The number of rotatable bonds is 2. The van der Waals surface area contributed by atoms with Crippen molar-refractivity contribution >= 4 is 33.3 Å². The molecule has 1 saturated heterocycles. The summed E-state index contributed by atoms with van der Waals surface area (Å²) in [7, 11) is 1.71. The summed E-state index contributed by atoms with van der Waals surface area (Å²) in [5.74, 6) is 0.171. The molecule has 2 heterocycles. The molecule has 96 valence electrons. The van der Waals surface area contributed by atoms with Gasteiger partial charge in [-0.3, -0.25) is 14.9 Å². The summed E-state index contributed by atoms with van der Waals surface area (Å²) in [5, 5.41) is 11.0. The minimum absolute atomic E-state index is 0.0692. The lowest BCUT2D eigenvalue weighted by Crippen LogP contribution is -2.49. The quantitative estimate of drug-likeness (QED) is 0.601. The van der Waals surface area contributed by atoms with Crippen molar-refractivity contribution in [1.82, 2.24) is 9.88 Å². The topological polar surface area (TPSA) is 79.6 Å². The van der Waals surface area contributed by atoms with Gasteiger partial charge in [0.25, 0.3) is 0 Å². The minimum atomic E-state index is -0.490. The zero-order valence-electron chi connectivity index (χ0n) is 9.67. The van der Waals surface area contributed by atoms with E-state index >= 15 is 0 Å². The van der Waals surface area contributed by atoms with Crippen molar-refractivity contribution in [2.24, 2.45) is 0 Å². The highest BCUT2D eigenvalue weighted by atomic mass is 79.9. The molecule has 7 nitrogen and oxygen atoms in total. The van der Waals surface area contributed by atoms with Crippen LogP contribution in [0.5, 0.6) is 0 Å². The van der Waals surface area contributed by atoms with E-state index in [1.54, 1.807) is 16.8 Å². The Balaban J connectivity index is 2.33. The maximum atomic E-state index is 11.6. The molecule has 0 aliphatic carbocycles. The van der Waals surface area contributed by atoms with Gasteiger partial charge in [-0.2, -0.15) is 0 Å². The van der Waals surface area contributed by atoms with Crippen molar-refractivity contribution in [3.8, 4) is 0 Å². The van der Waals surface area contributed by atoms with Crippen LogP contribution in [0.2, 0.25) is 0 Å². The maximum absolute atomic E-state index is 11.6. The van der Waals surface area contributed by atoms with Gasteiger partial charge in [-0.15, -0.1) is 0 Å². The van der Waals surface area contributed by atoms with E-state index in [-0.39, 0.29) is 24.0 Å². The van der Waals surface area contributed by atoms with Gasteiger partial charge in [-0.1, -0.05) is 0 Å². The third-order valence-corrected chi connectivity index (χ3v) is 3.20. The molecule has 1 fully saturated rings. The Morgan fingerprint density at radius 3 is 2.83 bits per heavy atom. The van der Waals surface area contributed by atoms with Gasteiger partial charge >= 0.3 is 5.69 Å². The van der Waals surface area contributed by atoms with E-state index in [1.165, 1.54) is 12.3 Å². The number of carbonyl (C=O) groups excluding carboxylic acids is 1. The van der Waals surface area contributed by atoms with Crippen LogP contribution in [0.3, 0.4) is 0 Å². The zero-order valence-corrected chi connectivity index (χ0v) is 11.3. The van der Waals surface area contributed by atoms with E-state index in [0.29, 0.717) is 17.6 Å². The number of anilines is 1. The number of nitro groups is 1. The summed E-state index contributed by atoms with van der Waals surface area (Å²) < 4.78 is 0.540. The molecular weight excluding hydrogens is 304 g/mol. The minimum Gasteiger partial charge on any atom is -0.342 e. The Morgan fingerprint density at radius 2 is 2.22 bits per heavy atom. The molecule has 18 heavy (non-hydrogen) atoms. The highest BCUT2D eigenvalue weighted by molar-refractivity contribution is 9.10. The van der Waals surface area contributed by atoms with Crippen LogP contribution in [0.4, 0.5) is 11.5 Å². The zero-order chi connectivity index (χ0) is 13.3. The molecule has 8 heteroatoms. The van der Waals surface area contributed by atoms with Gasteiger partial charge < -0.3 is 9.80 Å². The van der Waals surface area contributed by atoms with Crippen LogP contribution in [0.1, 0.15) is 0 Å². The first-order valence-corrected chi connectivity index (χ1v) is 6.07. The van der Waals surface area contributed by atoms with Crippen LogP contribution in [0.15, 0.2) is 16.7 Å². The van der Waals surface area contributed by atoms with Gasteiger partial charge in [0.05, 0.1) is 11.5 Å². The normalized spacial score (nSPS) is 16.0. The highest BCUT2D eigenvalue weighted by Gasteiger charge is 2.27. The largest absolute Gasteiger partial charge is 0.342 e. The standard InChI is InChI=1S/C10H11BrN4O3/c1-13-2-3-14(6-9(13)16)10-8(15(17)18)4-7(11)5-12-10/h4-5H,2-3,6H2,1H3. The van der Waals surface area contributed by atoms with E-state index in [9.17, 15) is 14.9 Å².